The third-order valence-electron chi connectivity index (χ3n) is 4.99. The van der Waals surface area contributed by atoms with Gasteiger partial charge in [-0.25, -0.2) is 13.1 Å². The van der Waals surface area contributed by atoms with Crippen LogP contribution in [0.2, 0.25) is 10.0 Å². The molecule has 0 spiro atoms. The molecule has 3 aromatic carbocycles. The molecule has 3 aromatic rings. The van der Waals surface area contributed by atoms with Crippen LogP contribution < -0.4 is 10.0 Å². The van der Waals surface area contributed by atoms with Crippen molar-refractivity contribution in [1.29, 1.82) is 0 Å². The zero-order chi connectivity index (χ0) is 23.5. The lowest BCUT2D eigenvalue weighted by Gasteiger charge is -2.18. The summed E-state index contributed by atoms with van der Waals surface area (Å²) in [6.45, 7) is 3.21. The van der Waals surface area contributed by atoms with E-state index in [0.29, 0.717) is 21.2 Å². The predicted octanol–water partition coefficient (Wildman–Crippen LogP) is 4.61. The summed E-state index contributed by atoms with van der Waals surface area (Å²) in [7, 11) is -3.87. The van der Waals surface area contributed by atoms with Crippen LogP contribution in [0.15, 0.2) is 65.6 Å². The number of aryl methyl sites for hydroxylation is 2. The van der Waals surface area contributed by atoms with Gasteiger partial charge in [-0.05, 0) is 61.4 Å². The lowest BCUT2D eigenvalue weighted by atomic mass is 9.99. The monoisotopic (exact) mass is 492 g/mol. The topological polar surface area (TPSA) is 95.5 Å². The fraction of sp³-hybridized carbons (Fsp3) is 0.174. The second-order valence-corrected chi connectivity index (χ2v) is 9.89. The van der Waals surface area contributed by atoms with Gasteiger partial charge in [0.2, 0.25) is 15.9 Å². The summed E-state index contributed by atoms with van der Waals surface area (Å²) in [5, 5.41) is 14.2. The van der Waals surface area contributed by atoms with Crippen LogP contribution in [-0.4, -0.2) is 26.0 Å². The minimum atomic E-state index is -3.87. The highest BCUT2D eigenvalue weighted by Crippen LogP contribution is 2.34. The molecule has 0 aliphatic carbocycles. The van der Waals surface area contributed by atoms with Gasteiger partial charge in [0.05, 0.1) is 11.4 Å². The third-order valence-corrected chi connectivity index (χ3v) is 6.97. The van der Waals surface area contributed by atoms with E-state index in [9.17, 15) is 18.3 Å². The van der Waals surface area contributed by atoms with E-state index in [-0.39, 0.29) is 10.6 Å². The number of sulfonamides is 1. The van der Waals surface area contributed by atoms with Gasteiger partial charge in [-0.2, -0.15) is 0 Å². The Balaban J connectivity index is 1.77. The molecule has 0 saturated carbocycles. The summed E-state index contributed by atoms with van der Waals surface area (Å²) >= 11 is 12.3. The van der Waals surface area contributed by atoms with Crippen molar-refractivity contribution in [1.82, 2.24) is 4.72 Å². The zero-order valence-corrected chi connectivity index (χ0v) is 19.7. The van der Waals surface area contributed by atoms with Crippen LogP contribution in [0, 0.1) is 13.8 Å². The first-order valence-electron chi connectivity index (χ1n) is 9.67. The zero-order valence-electron chi connectivity index (χ0n) is 17.4. The van der Waals surface area contributed by atoms with E-state index in [1.54, 1.807) is 42.5 Å². The molecule has 0 heterocycles. The second kappa shape index (κ2) is 10.0. The third kappa shape index (κ3) is 5.68. The highest BCUT2D eigenvalue weighted by molar-refractivity contribution is 7.89. The number of halogens is 2. The number of nitrogens with one attached hydrogen (secondary N) is 2. The first kappa shape index (κ1) is 24.2. The van der Waals surface area contributed by atoms with Gasteiger partial charge in [0.1, 0.15) is 6.10 Å². The number of anilines is 1. The van der Waals surface area contributed by atoms with Crippen molar-refractivity contribution in [2.75, 3.05) is 11.9 Å². The van der Waals surface area contributed by atoms with Gasteiger partial charge in [-0.1, -0.05) is 47.5 Å². The van der Waals surface area contributed by atoms with E-state index in [2.05, 4.69) is 10.0 Å². The first-order chi connectivity index (χ1) is 15.1. The highest BCUT2D eigenvalue weighted by Gasteiger charge is 2.20. The number of hydrogen-bond acceptors (Lipinski definition) is 4. The average molecular weight is 493 g/mol. The SMILES string of the molecule is Cc1ccc(S(=O)(=O)NCC(=O)Nc2ccc(Cl)cc2C(O)c2ccccc2Cl)cc1C. The van der Waals surface area contributed by atoms with E-state index in [0.717, 1.165) is 11.1 Å². The molecule has 32 heavy (non-hydrogen) atoms. The van der Waals surface area contributed by atoms with Crippen LogP contribution in [0.5, 0.6) is 0 Å². The summed E-state index contributed by atoms with van der Waals surface area (Å²) in [4.78, 5) is 12.6. The summed E-state index contributed by atoms with van der Waals surface area (Å²) in [5.41, 5.74) is 2.86. The minimum Gasteiger partial charge on any atom is -0.384 e. The van der Waals surface area contributed by atoms with Crippen LogP contribution in [0.1, 0.15) is 28.4 Å². The molecular weight excluding hydrogens is 471 g/mol. The molecule has 3 rings (SSSR count). The van der Waals surface area contributed by atoms with E-state index < -0.39 is 28.6 Å². The largest absolute Gasteiger partial charge is 0.384 e. The normalized spacial score (nSPS) is 12.4. The van der Waals surface area contributed by atoms with Gasteiger partial charge < -0.3 is 10.4 Å². The van der Waals surface area contributed by atoms with E-state index in [1.165, 1.54) is 18.2 Å². The smallest absolute Gasteiger partial charge is 0.241 e. The number of rotatable bonds is 7. The molecule has 0 radical (unpaired) electrons. The number of aliphatic hydroxyl groups excluding tert-OH is 1. The molecule has 1 atom stereocenters. The Hall–Kier alpha value is -2.42. The molecule has 0 aliphatic heterocycles. The molecular formula is C23H22Cl2N2O4S. The quantitative estimate of drug-likeness (QED) is 0.448. The first-order valence-corrected chi connectivity index (χ1v) is 11.9. The van der Waals surface area contributed by atoms with Crippen molar-refractivity contribution in [3.05, 3.63) is 93.0 Å². The summed E-state index contributed by atoms with van der Waals surface area (Å²) in [6, 6.07) is 16.1. The molecule has 168 valence electrons. The molecule has 9 heteroatoms. The number of benzene rings is 3. The second-order valence-electron chi connectivity index (χ2n) is 7.27. The Morgan fingerprint density at radius 2 is 1.69 bits per heavy atom. The maximum Gasteiger partial charge on any atom is 0.241 e. The standard InChI is InChI=1S/C23H22Cl2N2O4S/c1-14-7-9-17(11-15(14)2)32(30,31)26-13-22(28)27-21-10-8-16(24)12-19(21)23(29)18-5-3-4-6-20(18)25/h3-12,23,26,29H,13H2,1-2H3,(H,27,28). The molecule has 1 unspecified atom stereocenters. The van der Waals surface area contributed by atoms with E-state index in [1.807, 2.05) is 13.8 Å². The van der Waals surface area contributed by atoms with Crippen molar-refractivity contribution in [3.8, 4) is 0 Å². The molecule has 6 nitrogen and oxygen atoms in total. The van der Waals surface area contributed by atoms with Gasteiger partial charge in [-0.3, -0.25) is 4.79 Å². The minimum absolute atomic E-state index is 0.0784. The van der Waals surface area contributed by atoms with E-state index >= 15 is 0 Å². The Morgan fingerprint density at radius 1 is 0.969 bits per heavy atom. The molecule has 0 saturated heterocycles. The van der Waals surface area contributed by atoms with Crippen molar-refractivity contribution in [3.63, 3.8) is 0 Å². The Kier molecular flexibility index (Phi) is 7.59. The van der Waals surface area contributed by atoms with Crippen LogP contribution in [-0.2, 0) is 14.8 Å². The van der Waals surface area contributed by atoms with Crippen LogP contribution >= 0.6 is 23.2 Å². The van der Waals surface area contributed by atoms with Crippen molar-refractivity contribution in [2.24, 2.45) is 0 Å². The molecule has 0 fully saturated rings. The lowest BCUT2D eigenvalue weighted by molar-refractivity contribution is -0.115. The Bertz CT molecular complexity index is 1260. The van der Waals surface area contributed by atoms with Crippen LogP contribution in [0.3, 0.4) is 0 Å². The Morgan fingerprint density at radius 3 is 2.38 bits per heavy atom. The number of carbonyl (C=O) groups is 1. The van der Waals surface area contributed by atoms with E-state index in [4.69, 9.17) is 23.2 Å². The number of hydrogen-bond donors (Lipinski definition) is 3. The fourth-order valence-corrected chi connectivity index (χ4v) is 4.54. The maximum atomic E-state index is 12.5. The molecule has 3 N–H and O–H groups in total. The molecule has 0 aliphatic rings. The number of amides is 1. The fourth-order valence-electron chi connectivity index (χ4n) is 3.06. The molecule has 0 aromatic heterocycles. The van der Waals surface area contributed by atoms with Gasteiger partial charge in [-0.15, -0.1) is 0 Å². The van der Waals surface area contributed by atoms with Crippen molar-refractivity contribution in [2.45, 2.75) is 24.8 Å². The van der Waals surface area contributed by atoms with Gasteiger partial charge in [0, 0.05) is 26.9 Å². The number of carbonyl (C=O) groups excluding carboxylic acids is 1. The summed E-state index contributed by atoms with van der Waals surface area (Å²) < 4.78 is 27.4. The molecule has 1 amide bonds. The highest BCUT2D eigenvalue weighted by atomic mass is 35.5. The number of aliphatic hydroxyl groups is 1. The summed E-state index contributed by atoms with van der Waals surface area (Å²) in [6.07, 6.45) is -1.15. The van der Waals surface area contributed by atoms with Gasteiger partial charge >= 0.3 is 0 Å². The average Bonchev–Trinajstić information content (AvgIpc) is 2.75. The summed E-state index contributed by atoms with van der Waals surface area (Å²) in [5.74, 6) is -0.604. The van der Waals surface area contributed by atoms with Gasteiger partial charge in [0.15, 0.2) is 0 Å². The maximum absolute atomic E-state index is 12.5. The Labute approximate surface area is 197 Å². The van der Waals surface area contributed by atoms with Crippen LogP contribution in [0.4, 0.5) is 5.69 Å². The van der Waals surface area contributed by atoms with Gasteiger partial charge in [0.25, 0.3) is 0 Å². The molecule has 0 bridgehead atoms. The lowest BCUT2D eigenvalue weighted by Crippen LogP contribution is -2.33. The van der Waals surface area contributed by atoms with Crippen molar-refractivity contribution < 1.29 is 18.3 Å². The van der Waals surface area contributed by atoms with Crippen molar-refractivity contribution >= 4 is 44.8 Å². The van der Waals surface area contributed by atoms with Crippen LogP contribution in [0.25, 0.3) is 0 Å². The predicted molar refractivity (Wildman–Crippen MR) is 127 cm³/mol.